The Labute approximate surface area is 98.3 Å². The van der Waals surface area contributed by atoms with E-state index in [9.17, 15) is 4.39 Å². The molecule has 1 N–H and O–H groups in total. The van der Waals surface area contributed by atoms with Gasteiger partial charge in [0.05, 0.1) is 6.61 Å². The van der Waals surface area contributed by atoms with Crippen molar-refractivity contribution in [1.82, 2.24) is 9.97 Å². The third-order valence-corrected chi connectivity index (χ3v) is 2.18. The first-order valence-electron chi connectivity index (χ1n) is 5.14. The summed E-state index contributed by atoms with van der Waals surface area (Å²) in [6.45, 7) is -0.591. The third kappa shape index (κ3) is 2.95. The van der Waals surface area contributed by atoms with Crippen LogP contribution in [0.3, 0.4) is 0 Å². The van der Waals surface area contributed by atoms with Crippen molar-refractivity contribution < 1.29 is 9.50 Å². The largest absolute Gasteiger partial charge is 0.389 e. The Morgan fingerprint density at radius 3 is 2.71 bits per heavy atom. The Morgan fingerprint density at radius 1 is 1.24 bits per heavy atom. The van der Waals surface area contributed by atoms with Crippen LogP contribution in [0, 0.1) is 0 Å². The van der Waals surface area contributed by atoms with Gasteiger partial charge in [-0.15, -0.1) is 0 Å². The molecule has 2 aromatic rings. The van der Waals surface area contributed by atoms with Crippen LogP contribution < -0.4 is 0 Å². The molecule has 0 saturated carbocycles. The molecule has 2 rings (SSSR count). The second-order valence-corrected chi connectivity index (χ2v) is 3.45. The molecule has 17 heavy (non-hydrogen) atoms. The van der Waals surface area contributed by atoms with Crippen LogP contribution in [0.2, 0.25) is 0 Å². The molecule has 0 atom stereocenters. The predicted octanol–water partition coefficient (Wildman–Crippen LogP) is 2.45. The smallest absolute Gasteiger partial charge is 0.159 e. The minimum Gasteiger partial charge on any atom is -0.389 e. The highest BCUT2D eigenvalue weighted by atomic mass is 19.1. The normalized spacial score (nSPS) is 11.5. The standard InChI is InChI=1S/C13H11FN2O/c14-12(9-17)8-10-3-1-4-11(7-10)13-15-5-2-6-16-13/h1-8,17H,9H2/b12-8+. The van der Waals surface area contributed by atoms with Gasteiger partial charge in [0.2, 0.25) is 0 Å². The van der Waals surface area contributed by atoms with Crippen molar-refractivity contribution in [3.63, 3.8) is 0 Å². The zero-order valence-corrected chi connectivity index (χ0v) is 9.05. The molecule has 0 saturated heterocycles. The lowest BCUT2D eigenvalue weighted by molar-refractivity contribution is 0.300. The molecule has 3 nitrogen and oxygen atoms in total. The molecule has 0 bridgehead atoms. The predicted molar refractivity (Wildman–Crippen MR) is 63.6 cm³/mol. The van der Waals surface area contributed by atoms with Crippen molar-refractivity contribution in [2.75, 3.05) is 6.61 Å². The first kappa shape index (κ1) is 11.4. The summed E-state index contributed by atoms with van der Waals surface area (Å²) in [4.78, 5) is 8.23. The molecule has 0 amide bonds. The maximum absolute atomic E-state index is 12.9. The SMILES string of the molecule is OC/C(F)=C\c1cccc(-c2ncccn2)c1. The van der Waals surface area contributed by atoms with Gasteiger partial charge in [0, 0.05) is 18.0 Å². The van der Waals surface area contributed by atoms with Crippen LogP contribution in [0.1, 0.15) is 5.56 Å². The molecular formula is C13H11FN2O. The van der Waals surface area contributed by atoms with E-state index in [-0.39, 0.29) is 0 Å². The molecule has 0 aliphatic heterocycles. The number of hydrogen-bond acceptors (Lipinski definition) is 3. The topological polar surface area (TPSA) is 46.0 Å². The molecule has 4 heteroatoms. The van der Waals surface area contributed by atoms with Gasteiger partial charge in [-0.3, -0.25) is 0 Å². The van der Waals surface area contributed by atoms with Gasteiger partial charge in [-0.2, -0.15) is 0 Å². The lowest BCUT2D eigenvalue weighted by Crippen LogP contribution is -1.88. The zero-order chi connectivity index (χ0) is 12.1. The molecule has 1 heterocycles. The van der Waals surface area contributed by atoms with E-state index in [0.29, 0.717) is 11.4 Å². The molecule has 1 aromatic heterocycles. The second-order valence-electron chi connectivity index (χ2n) is 3.45. The lowest BCUT2D eigenvalue weighted by Gasteiger charge is -2.01. The highest BCUT2D eigenvalue weighted by Gasteiger charge is 2.00. The number of hydrogen-bond donors (Lipinski definition) is 1. The van der Waals surface area contributed by atoms with Crippen LogP contribution >= 0.6 is 0 Å². The fourth-order valence-electron chi connectivity index (χ4n) is 1.44. The van der Waals surface area contributed by atoms with Crippen LogP contribution in [0.5, 0.6) is 0 Å². The van der Waals surface area contributed by atoms with Gasteiger partial charge in [0.1, 0.15) is 5.83 Å². The van der Waals surface area contributed by atoms with E-state index < -0.39 is 12.4 Å². The van der Waals surface area contributed by atoms with Crippen molar-refractivity contribution in [2.24, 2.45) is 0 Å². The van der Waals surface area contributed by atoms with E-state index in [0.717, 1.165) is 5.56 Å². The summed E-state index contributed by atoms with van der Waals surface area (Å²) in [7, 11) is 0. The highest BCUT2D eigenvalue weighted by molar-refractivity contribution is 5.62. The fraction of sp³-hybridized carbons (Fsp3) is 0.0769. The Balaban J connectivity index is 2.36. The van der Waals surface area contributed by atoms with Gasteiger partial charge >= 0.3 is 0 Å². The number of aliphatic hydroxyl groups is 1. The van der Waals surface area contributed by atoms with Crippen LogP contribution in [-0.4, -0.2) is 21.7 Å². The molecule has 0 unspecified atom stereocenters. The summed E-state index contributed by atoms with van der Waals surface area (Å²) < 4.78 is 12.9. The van der Waals surface area contributed by atoms with Gasteiger partial charge < -0.3 is 5.11 Å². The number of aromatic nitrogens is 2. The van der Waals surface area contributed by atoms with Gasteiger partial charge in [-0.05, 0) is 23.8 Å². The van der Waals surface area contributed by atoms with Gasteiger partial charge in [0.25, 0.3) is 0 Å². The zero-order valence-electron chi connectivity index (χ0n) is 9.05. The van der Waals surface area contributed by atoms with Crippen molar-refractivity contribution in [3.05, 3.63) is 54.1 Å². The molecule has 86 valence electrons. The van der Waals surface area contributed by atoms with E-state index in [1.165, 1.54) is 6.08 Å². The fourth-order valence-corrected chi connectivity index (χ4v) is 1.44. The van der Waals surface area contributed by atoms with E-state index >= 15 is 0 Å². The van der Waals surface area contributed by atoms with Crippen LogP contribution in [0.25, 0.3) is 17.5 Å². The van der Waals surface area contributed by atoms with E-state index in [1.54, 1.807) is 36.7 Å². The second kappa shape index (κ2) is 5.32. The van der Waals surface area contributed by atoms with Crippen molar-refractivity contribution >= 4 is 6.08 Å². The lowest BCUT2D eigenvalue weighted by atomic mass is 10.1. The highest BCUT2D eigenvalue weighted by Crippen LogP contribution is 2.17. The van der Waals surface area contributed by atoms with Crippen molar-refractivity contribution in [2.45, 2.75) is 0 Å². The molecule has 0 spiro atoms. The van der Waals surface area contributed by atoms with Gasteiger partial charge in [-0.1, -0.05) is 18.2 Å². The first-order valence-corrected chi connectivity index (χ1v) is 5.14. The summed E-state index contributed by atoms with van der Waals surface area (Å²) in [5.41, 5.74) is 1.48. The van der Waals surface area contributed by atoms with Crippen molar-refractivity contribution in [1.29, 1.82) is 0 Å². The number of rotatable bonds is 3. The summed E-state index contributed by atoms with van der Waals surface area (Å²) in [6.07, 6.45) is 4.59. The van der Waals surface area contributed by atoms with Gasteiger partial charge in [0.15, 0.2) is 5.82 Å². The first-order chi connectivity index (χ1) is 8.29. The van der Waals surface area contributed by atoms with Gasteiger partial charge in [-0.25, -0.2) is 14.4 Å². The molecule has 0 aliphatic carbocycles. The maximum Gasteiger partial charge on any atom is 0.159 e. The Bertz CT molecular complexity index is 526. The summed E-state index contributed by atoms with van der Waals surface area (Å²) in [6, 6.07) is 8.90. The molecule has 1 aromatic carbocycles. The Kier molecular flexibility index (Phi) is 3.57. The molecule has 0 fully saturated rings. The Hall–Kier alpha value is -2.07. The molecule has 0 radical (unpaired) electrons. The summed E-state index contributed by atoms with van der Waals surface area (Å²) >= 11 is 0. The molecule has 0 aliphatic rings. The monoisotopic (exact) mass is 230 g/mol. The Morgan fingerprint density at radius 2 is 2.00 bits per heavy atom. The summed E-state index contributed by atoms with van der Waals surface area (Å²) in [5.74, 6) is 0.0169. The van der Waals surface area contributed by atoms with Crippen LogP contribution in [-0.2, 0) is 0 Å². The van der Waals surface area contributed by atoms with E-state index in [1.807, 2.05) is 6.07 Å². The number of nitrogens with zero attached hydrogens (tertiary/aromatic N) is 2. The summed E-state index contributed by atoms with van der Waals surface area (Å²) in [5, 5.41) is 8.61. The van der Waals surface area contributed by atoms with Crippen molar-refractivity contribution in [3.8, 4) is 11.4 Å². The van der Waals surface area contributed by atoms with Crippen LogP contribution in [0.4, 0.5) is 4.39 Å². The average Bonchev–Trinajstić information content (AvgIpc) is 2.40. The van der Waals surface area contributed by atoms with Crippen LogP contribution in [0.15, 0.2) is 48.6 Å². The minimum absolute atomic E-state index is 0.573. The third-order valence-electron chi connectivity index (χ3n) is 2.18. The molecular weight excluding hydrogens is 219 g/mol. The minimum atomic E-state index is -0.591. The number of aliphatic hydroxyl groups excluding tert-OH is 1. The quantitative estimate of drug-likeness (QED) is 0.880. The number of benzene rings is 1. The van der Waals surface area contributed by atoms with E-state index in [4.69, 9.17) is 5.11 Å². The average molecular weight is 230 g/mol. The van der Waals surface area contributed by atoms with E-state index in [2.05, 4.69) is 9.97 Å². The number of halogens is 1. The maximum atomic E-state index is 12.9.